The van der Waals surface area contributed by atoms with E-state index in [1.165, 1.54) is 0 Å². The quantitative estimate of drug-likeness (QED) is 0.820. The van der Waals surface area contributed by atoms with Gasteiger partial charge in [0.2, 0.25) is 0 Å². The van der Waals surface area contributed by atoms with Crippen molar-refractivity contribution in [2.45, 2.75) is 31.3 Å². The van der Waals surface area contributed by atoms with E-state index in [9.17, 15) is 5.11 Å². The van der Waals surface area contributed by atoms with Crippen LogP contribution in [0.15, 0.2) is 24.3 Å². The molecule has 0 aromatic heterocycles. The molecular weight excluding hydrogens is 202 g/mol. The van der Waals surface area contributed by atoms with E-state index in [4.69, 9.17) is 4.74 Å². The SMILES string of the molecule is COc1ccccc1NCC1(O)CCCC1. The fourth-order valence-electron chi connectivity index (χ4n) is 2.26. The van der Waals surface area contributed by atoms with E-state index < -0.39 is 5.60 Å². The third-order valence-electron chi connectivity index (χ3n) is 3.25. The molecule has 88 valence electrons. The number of methoxy groups -OCH3 is 1. The molecule has 0 unspecified atom stereocenters. The lowest BCUT2D eigenvalue weighted by molar-refractivity contribution is 0.0614. The number of nitrogens with one attached hydrogen (secondary N) is 1. The minimum atomic E-state index is -0.527. The molecule has 1 aliphatic rings. The zero-order valence-electron chi connectivity index (χ0n) is 9.70. The fourth-order valence-corrected chi connectivity index (χ4v) is 2.26. The third-order valence-corrected chi connectivity index (χ3v) is 3.25. The third kappa shape index (κ3) is 2.47. The Labute approximate surface area is 96.4 Å². The van der Waals surface area contributed by atoms with E-state index in [1.807, 2.05) is 24.3 Å². The summed E-state index contributed by atoms with van der Waals surface area (Å²) in [4.78, 5) is 0. The summed E-state index contributed by atoms with van der Waals surface area (Å²) in [6.07, 6.45) is 4.05. The molecule has 0 atom stereocenters. The second-order valence-electron chi connectivity index (χ2n) is 4.49. The predicted octanol–water partition coefficient (Wildman–Crippen LogP) is 2.41. The van der Waals surface area contributed by atoms with Crippen molar-refractivity contribution in [1.82, 2.24) is 0 Å². The van der Waals surface area contributed by atoms with Gasteiger partial charge in [0.05, 0.1) is 18.4 Å². The highest BCUT2D eigenvalue weighted by Gasteiger charge is 2.30. The molecule has 0 radical (unpaired) electrons. The standard InChI is InChI=1S/C13H19NO2/c1-16-12-7-3-2-6-11(12)14-10-13(15)8-4-5-9-13/h2-3,6-7,14-15H,4-5,8-10H2,1H3. The summed E-state index contributed by atoms with van der Waals surface area (Å²) in [5, 5.41) is 13.5. The number of hydrogen-bond acceptors (Lipinski definition) is 3. The molecule has 3 heteroatoms. The monoisotopic (exact) mass is 221 g/mol. The van der Waals surface area contributed by atoms with Gasteiger partial charge < -0.3 is 15.2 Å². The van der Waals surface area contributed by atoms with Gasteiger partial charge in [0.15, 0.2) is 0 Å². The first kappa shape index (κ1) is 11.3. The van der Waals surface area contributed by atoms with Crippen molar-refractivity contribution in [2.75, 3.05) is 19.0 Å². The first-order chi connectivity index (χ1) is 7.73. The highest BCUT2D eigenvalue weighted by atomic mass is 16.5. The van der Waals surface area contributed by atoms with Crippen LogP contribution in [0, 0.1) is 0 Å². The molecule has 1 aromatic rings. The normalized spacial score (nSPS) is 18.4. The number of benzene rings is 1. The van der Waals surface area contributed by atoms with Crippen LogP contribution in [0.4, 0.5) is 5.69 Å². The predicted molar refractivity (Wildman–Crippen MR) is 64.9 cm³/mol. The van der Waals surface area contributed by atoms with Crippen LogP contribution in [-0.4, -0.2) is 24.4 Å². The van der Waals surface area contributed by atoms with Gasteiger partial charge in [0.1, 0.15) is 5.75 Å². The van der Waals surface area contributed by atoms with Crippen molar-refractivity contribution in [3.8, 4) is 5.75 Å². The average molecular weight is 221 g/mol. The Morgan fingerprint density at radius 3 is 2.69 bits per heavy atom. The molecule has 1 saturated carbocycles. The Morgan fingerprint density at radius 1 is 1.31 bits per heavy atom. The van der Waals surface area contributed by atoms with Crippen LogP contribution in [-0.2, 0) is 0 Å². The number of para-hydroxylation sites is 2. The summed E-state index contributed by atoms with van der Waals surface area (Å²) in [5.41, 5.74) is 0.422. The lowest BCUT2D eigenvalue weighted by atomic mass is 10.0. The number of aliphatic hydroxyl groups is 1. The smallest absolute Gasteiger partial charge is 0.141 e. The van der Waals surface area contributed by atoms with Crippen LogP contribution in [0.25, 0.3) is 0 Å². The summed E-state index contributed by atoms with van der Waals surface area (Å²) in [6.45, 7) is 0.605. The maximum absolute atomic E-state index is 10.2. The molecule has 16 heavy (non-hydrogen) atoms. The molecule has 0 spiro atoms. The van der Waals surface area contributed by atoms with Crippen LogP contribution in [0.1, 0.15) is 25.7 Å². The van der Waals surface area contributed by atoms with Crippen molar-refractivity contribution >= 4 is 5.69 Å². The lowest BCUT2D eigenvalue weighted by Gasteiger charge is -2.23. The van der Waals surface area contributed by atoms with Crippen LogP contribution < -0.4 is 10.1 Å². The zero-order chi connectivity index (χ0) is 11.4. The summed E-state index contributed by atoms with van der Waals surface area (Å²) >= 11 is 0. The minimum Gasteiger partial charge on any atom is -0.495 e. The second-order valence-corrected chi connectivity index (χ2v) is 4.49. The van der Waals surface area contributed by atoms with E-state index in [0.717, 1.165) is 37.1 Å². The largest absolute Gasteiger partial charge is 0.495 e. The van der Waals surface area contributed by atoms with E-state index in [2.05, 4.69) is 5.32 Å². The van der Waals surface area contributed by atoms with Gasteiger partial charge in [-0.3, -0.25) is 0 Å². The minimum absolute atomic E-state index is 0.527. The van der Waals surface area contributed by atoms with Crippen molar-refractivity contribution in [3.05, 3.63) is 24.3 Å². The van der Waals surface area contributed by atoms with Crippen LogP contribution >= 0.6 is 0 Å². The van der Waals surface area contributed by atoms with Gasteiger partial charge in [-0.15, -0.1) is 0 Å². The van der Waals surface area contributed by atoms with Gasteiger partial charge in [0.25, 0.3) is 0 Å². The lowest BCUT2D eigenvalue weighted by Crippen LogP contribution is -2.33. The summed E-state index contributed by atoms with van der Waals surface area (Å²) in [5.74, 6) is 0.823. The van der Waals surface area contributed by atoms with E-state index in [0.29, 0.717) is 6.54 Å². The first-order valence-electron chi connectivity index (χ1n) is 5.83. The molecule has 3 nitrogen and oxygen atoms in total. The Bertz CT molecular complexity index is 346. The van der Waals surface area contributed by atoms with E-state index in [1.54, 1.807) is 7.11 Å². The number of rotatable bonds is 4. The summed E-state index contributed by atoms with van der Waals surface area (Å²) in [7, 11) is 1.66. The fraction of sp³-hybridized carbons (Fsp3) is 0.538. The molecule has 1 fully saturated rings. The van der Waals surface area contributed by atoms with Gasteiger partial charge >= 0.3 is 0 Å². The van der Waals surface area contributed by atoms with Gasteiger partial charge in [-0.2, -0.15) is 0 Å². The number of anilines is 1. The highest BCUT2D eigenvalue weighted by molar-refractivity contribution is 5.56. The summed E-state index contributed by atoms with van der Waals surface area (Å²) < 4.78 is 5.25. The van der Waals surface area contributed by atoms with Crippen molar-refractivity contribution in [2.24, 2.45) is 0 Å². The molecule has 0 bridgehead atoms. The molecule has 0 saturated heterocycles. The Balaban J connectivity index is 1.98. The molecule has 1 aromatic carbocycles. The van der Waals surface area contributed by atoms with Crippen LogP contribution in [0.3, 0.4) is 0 Å². The van der Waals surface area contributed by atoms with E-state index >= 15 is 0 Å². The van der Waals surface area contributed by atoms with Gasteiger partial charge in [-0.25, -0.2) is 0 Å². The molecule has 1 aliphatic carbocycles. The second kappa shape index (κ2) is 4.74. The first-order valence-corrected chi connectivity index (χ1v) is 5.83. The van der Waals surface area contributed by atoms with Crippen LogP contribution in [0.2, 0.25) is 0 Å². The maximum Gasteiger partial charge on any atom is 0.141 e. The van der Waals surface area contributed by atoms with Crippen molar-refractivity contribution in [3.63, 3.8) is 0 Å². The molecule has 2 N–H and O–H groups in total. The molecule has 0 amide bonds. The molecule has 0 heterocycles. The van der Waals surface area contributed by atoms with Crippen LogP contribution in [0.5, 0.6) is 5.75 Å². The Hall–Kier alpha value is -1.22. The average Bonchev–Trinajstić information content (AvgIpc) is 2.74. The maximum atomic E-state index is 10.2. The zero-order valence-corrected chi connectivity index (χ0v) is 9.70. The van der Waals surface area contributed by atoms with Gasteiger partial charge in [-0.05, 0) is 25.0 Å². The van der Waals surface area contributed by atoms with Crippen molar-refractivity contribution < 1.29 is 9.84 Å². The number of hydrogen-bond donors (Lipinski definition) is 2. The van der Waals surface area contributed by atoms with Gasteiger partial charge in [0, 0.05) is 6.54 Å². The Morgan fingerprint density at radius 2 is 2.00 bits per heavy atom. The van der Waals surface area contributed by atoms with Crippen molar-refractivity contribution in [1.29, 1.82) is 0 Å². The Kier molecular flexibility index (Phi) is 3.34. The highest BCUT2D eigenvalue weighted by Crippen LogP contribution is 2.31. The number of ether oxygens (including phenoxy) is 1. The van der Waals surface area contributed by atoms with Gasteiger partial charge in [-0.1, -0.05) is 25.0 Å². The molecular formula is C13H19NO2. The molecule has 2 rings (SSSR count). The molecule has 0 aliphatic heterocycles. The summed E-state index contributed by atoms with van der Waals surface area (Å²) in [6, 6.07) is 7.79. The topological polar surface area (TPSA) is 41.5 Å². The van der Waals surface area contributed by atoms with E-state index in [-0.39, 0.29) is 0 Å².